The summed E-state index contributed by atoms with van der Waals surface area (Å²) in [5, 5.41) is 0.510. The number of aryl methyl sites for hydroxylation is 2. The molecule has 0 radical (unpaired) electrons. The topological polar surface area (TPSA) is 72.2 Å². The van der Waals surface area contributed by atoms with Crippen LogP contribution in [0.4, 0.5) is 11.4 Å². The van der Waals surface area contributed by atoms with Crippen molar-refractivity contribution >= 4 is 33.0 Å². The zero-order chi connectivity index (χ0) is 15.8. The zero-order valence-electron chi connectivity index (χ0n) is 12.1. The third kappa shape index (κ3) is 3.31. The van der Waals surface area contributed by atoms with Gasteiger partial charge in [0.15, 0.2) is 0 Å². The van der Waals surface area contributed by atoms with Crippen molar-refractivity contribution in [2.75, 3.05) is 10.5 Å². The first-order chi connectivity index (χ1) is 9.70. The van der Waals surface area contributed by atoms with Gasteiger partial charge >= 0.3 is 0 Å². The molecule has 0 aliphatic carbocycles. The highest BCUT2D eigenvalue weighted by Gasteiger charge is 2.19. The standard InChI is InChI=1S/C15H17ClN2O2S/c1-9-4-5-13(8-14(9)16)18-21(19,20)15-7-12(17)6-10(2)11(15)3/h4-8,18H,17H2,1-3H3. The predicted molar refractivity (Wildman–Crippen MR) is 87.3 cm³/mol. The smallest absolute Gasteiger partial charge is 0.262 e. The van der Waals surface area contributed by atoms with E-state index >= 15 is 0 Å². The molecule has 6 heteroatoms. The maximum absolute atomic E-state index is 12.5. The Balaban J connectivity index is 2.45. The molecule has 0 heterocycles. The monoisotopic (exact) mass is 324 g/mol. The van der Waals surface area contributed by atoms with Gasteiger partial charge in [0.2, 0.25) is 0 Å². The molecule has 0 aliphatic rings. The van der Waals surface area contributed by atoms with Crippen molar-refractivity contribution in [3.63, 3.8) is 0 Å². The number of nitrogens with one attached hydrogen (secondary N) is 1. The lowest BCUT2D eigenvalue weighted by molar-refractivity contribution is 0.600. The molecule has 2 aromatic rings. The van der Waals surface area contributed by atoms with E-state index in [9.17, 15) is 8.42 Å². The summed E-state index contributed by atoms with van der Waals surface area (Å²) >= 11 is 6.02. The molecule has 0 aliphatic heterocycles. The van der Waals surface area contributed by atoms with Crippen LogP contribution in [-0.2, 0) is 10.0 Å². The van der Waals surface area contributed by atoms with Gasteiger partial charge in [-0.05, 0) is 61.7 Å². The van der Waals surface area contributed by atoms with Gasteiger partial charge in [-0.2, -0.15) is 0 Å². The first-order valence-corrected chi connectivity index (χ1v) is 8.22. The van der Waals surface area contributed by atoms with Gasteiger partial charge in [0, 0.05) is 10.7 Å². The molecule has 0 bridgehead atoms. The summed E-state index contributed by atoms with van der Waals surface area (Å²) in [5.41, 5.74) is 8.98. The second-order valence-electron chi connectivity index (χ2n) is 5.03. The Kier molecular flexibility index (Phi) is 4.16. The van der Waals surface area contributed by atoms with Crippen molar-refractivity contribution in [1.29, 1.82) is 0 Å². The summed E-state index contributed by atoms with van der Waals surface area (Å²) in [7, 11) is -3.71. The fourth-order valence-corrected chi connectivity index (χ4v) is 3.58. The van der Waals surface area contributed by atoms with Crippen molar-refractivity contribution in [2.45, 2.75) is 25.7 Å². The van der Waals surface area contributed by atoms with E-state index in [1.165, 1.54) is 6.07 Å². The maximum atomic E-state index is 12.5. The molecule has 4 nitrogen and oxygen atoms in total. The number of nitrogens with two attached hydrogens (primary N) is 1. The third-order valence-electron chi connectivity index (χ3n) is 3.36. The Labute approximate surface area is 130 Å². The van der Waals surface area contributed by atoms with Crippen LogP contribution in [0.5, 0.6) is 0 Å². The molecule has 0 spiro atoms. The SMILES string of the molecule is Cc1ccc(NS(=O)(=O)c2cc(N)cc(C)c2C)cc1Cl. The van der Waals surface area contributed by atoms with Gasteiger partial charge in [-0.15, -0.1) is 0 Å². The molecule has 0 unspecified atom stereocenters. The van der Waals surface area contributed by atoms with Gasteiger partial charge in [0.05, 0.1) is 10.6 Å². The van der Waals surface area contributed by atoms with E-state index in [1.807, 2.05) is 13.8 Å². The Morgan fingerprint density at radius 3 is 2.33 bits per heavy atom. The molecule has 3 N–H and O–H groups in total. The van der Waals surface area contributed by atoms with Crippen LogP contribution in [0.2, 0.25) is 5.02 Å². The molecule has 0 amide bonds. The molecule has 0 fully saturated rings. The van der Waals surface area contributed by atoms with Gasteiger partial charge in [-0.3, -0.25) is 4.72 Å². The minimum Gasteiger partial charge on any atom is -0.399 e. The summed E-state index contributed by atoms with van der Waals surface area (Å²) < 4.78 is 27.6. The number of benzene rings is 2. The third-order valence-corrected chi connectivity index (χ3v) is 5.27. The molecule has 2 rings (SSSR count). The summed E-state index contributed by atoms with van der Waals surface area (Å²) in [6.45, 7) is 5.44. The van der Waals surface area contributed by atoms with Crippen molar-refractivity contribution in [3.05, 3.63) is 52.0 Å². The molecule has 0 saturated heterocycles. The second kappa shape index (κ2) is 5.58. The van der Waals surface area contributed by atoms with Crippen LogP contribution in [0.25, 0.3) is 0 Å². The van der Waals surface area contributed by atoms with Crippen LogP contribution in [0.15, 0.2) is 35.2 Å². The number of sulfonamides is 1. The Bertz CT molecular complexity index is 802. The van der Waals surface area contributed by atoms with E-state index in [4.69, 9.17) is 17.3 Å². The van der Waals surface area contributed by atoms with Crippen molar-refractivity contribution < 1.29 is 8.42 Å². The van der Waals surface area contributed by atoms with Gasteiger partial charge in [-0.1, -0.05) is 17.7 Å². The number of hydrogen-bond donors (Lipinski definition) is 2. The normalized spacial score (nSPS) is 11.4. The van der Waals surface area contributed by atoms with Crippen LogP contribution >= 0.6 is 11.6 Å². The Hall–Kier alpha value is -1.72. The molecule has 112 valence electrons. The molecular formula is C15H17ClN2O2S. The van der Waals surface area contributed by atoms with Crippen LogP contribution < -0.4 is 10.5 Å². The Morgan fingerprint density at radius 1 is 1.05 bits per heavy atom. The predicted octanol–water partition coefficient (Wildman–Crippen LogP) is 3.65. The summed E-state index contributed by atoms with van der Waals surface area (Å²) in [6, 6.07) is 8.23. The van der Waals surface area contributed by atoms with Gasteiger partial charge in [0.1, 0.15) is 0 Å². The summed E-state index contributed by atoms with van der Waals surface area (Å²) in [6.07, 6.45) is 0. The molecule has 0 aromatic heterocycles. The highest BCUT2D eigenvalue weighted by atomic mass is 35.5. The summed E-state index contributed by atoms with van der Waals surface area (Å²) in [5.74, 6) is 0. The van der Waals surface area contributed by atoms with Crippen molar-refractivity contribution in [3.8, 4) is 0 Å². The fourth-order valence-electron chi connectivity index (χ4n) is 2.00. The van der Waals surface area contributed by atoms with Crippen molar-refractivity contribution in [1.82, 2.24) is 0 Å². The number of nitrogen functional groups attached to an aromatic ring is 1. The molecule has 0 atom stereocenters. The average molecular weight is 325 g/mol. The van der Waals surface area contributed by atoms with Gasteiger partial charge in [0.25, 0.3) is 10.0 Å². The average Bonchev–Trinajstić information content (AvgIpc) is 2.37. The van der Waals surface area contributed by atoms with Crippen LogP contribution in [0, 0.1) is 20.8 Å². The van der Waals surface area contributed by atoms with E-state index in [1.54, 1.807) is 31.2 Å². The van der Waals surface area contributed by atoms with E-state index in [0.29, 0.717) is 22.0 Å². The fraction of sp³-hybridized carbons (Fsp3) is 0.200. The highest BCUT2D eigenvalue weighted by molar-refractivity contribution is 7.92. The van der Waals surface area contributed by atoms with Crippen LogP contribution in [-0.4, -0.2) is 8.42 Å². The number of halogens is 1. The number of hydrogen-bond acceptors (Lipinski definition) is 3. The number of rotatable bonds is 3. The molecule has 21 heavy (non-hydrogen) atoms. The lowest BCUT2D eigenvalue weighted by Gasteiger charge is -2.13. The first kappa shape index (κ1) is 15.7. The second-order valence-corrected chi connectivity index (χ2v) is 7.09. The molecular weight excluding hydrogens is 308 g/mol. The quantitative estimate of drug-likeness (QED) is 0.846. The van der Waals surface area contributed by atoms with E-state index in [-0.39, 0.29) is 4.90 Å². The van der Waals surface area contributed by atoms with Crippen LogP contribution in [0.1, 0.15) is 16.7 Å². The minimum atomic E-state index is -3.71. The van der Waals surface area contributed by atoms with Gasteiger partial charge in [-0.25, -0.2) is 8.42 Å². The van der Waals surface area contributed by atoms with E-state index < -0.39 is 10.0 Å². The lowest BCUT2D eigenvalue weighted by atomic mass is 10.1. The minimum absolute atomic E-state index is 0.177. The van der Waals surface area contributed by atoms with Crippen LogP contribution in [0.3, 0.4) is 0 Å². The van der Waals surface area contributed by atoms with E-state index in [2.05, 4.69) is 4.72 Å². The lowest BCUT2D eigenvalue weighted by Crippen LogP contribution is -2.15. The largest absolute Gasteiger partial charge is 0.399 e. The zero-order valence-corrected chi connectivity index (χ0v) is 13.6. The summed E-state index contributed by atoms with van der Waals surface area (Å²) in [4.78, 5) is 0.177. The Morgan fingerprint density at radius 2 is 1.71 bits per heavy atom. The first-order valence-electron chi connectivity index (χ1n) is 6.36. The van der Waals surface area contributed by atoms with Crippen molar-refractivity contribution in [2.24, 2.45) is 0 Å². The maximum Gasteiger partial charge on any atom is 0.262 e. The number of anilines is 2. The molecule has 2 aromatic carbocycles. The molecule has 0 saturated carbocycles. The highest BCUT2D eigenvalue weighted by Crippen LogP contribution is 2.26. The van der Waals surface area contributed by atoms with Gasteiger partial charge < -0.3 is 5.73 Å². The van der Waals surface area contributed by atoms with E-state index in [0.717, 1.165) is 11.1 Å².